The van der Waals surface area contributed by atoms with Crippen LogP contribution in [0.5, 0.6) is 0 Å². The van der Waals surface area contributed by atoms with E-state index in [0.717, 1.165) is 25.0 Å². The lowest BCUT2D eigenvalue weighted by atomic mass is 10.2. The van der Waals surface area contributed by atoms with E-state index >= 15 is 0 Å². The fraction of sp³-hybridized carbons (Fsp3) is 0.556. The molecule has 1 rings (SSSR count). The number of hydrogen-bond acceptors (Lipinski definition) is 3. The van der Waals surface area contributed by atoms with Gasteiger partial charge < -0.3 is 0 Å². The molecule has 0 aliphatic carbocycles. The Kier molecular flexibility index (Phi) is 4.52. The molecule has 1 N–H and O–H groups in total. The van der Waals surface area contributed by atoms with Gasteiger partial charge in [0, 0.05) is 18.7 Å². The number of aryl methyl sites for hydroxylation is 1. The lowest BCUT2D eigenvalue weighted by Gasteiger charge is -2.03. The van der Waals surface area contributed by atoms with Crippen LogP contribution in [-0.2, 0) is 6.54 Å². The Hall–Kier alpha value is -0.970. The van der Waals surface area contributed by atoms with E-state index in [9.17, 15) is 9.59 Å². The van der Waals surface area contributed by atoms with Crippen LogP contribution < -0.4 is 11.1 Å². The van der Waals surface area contributed by atoms with Crippen LogP contribution in [0.1, 0.15) is 19.3 Å². The fourth-order valence-electron chi connectivity index (χ4n) is 1.19. The van der Waals surface area contributed by atoms with Crippen LogP contribution in [0.2, 0.25) is 0 Å². The number of aromatic amines is 1. The molecule has 0 saturated heterocycles. The van der Waals surface area contributed by atoms with Gasteiger partial charge in [-0.2, -0.15) is 12.6 Å². The zero-order valence-electron chi connectivity index (χ0n) is 7.90. The van der Waals surface area contributed by atoms with Crippen molar-refractivity contribution in [1.82, 2.24) is 9.78 Å². The molecule has 0 bridgehead atoms. The van der Waals surface area contributed by atoms with Crippen LogP contribution in [-0.4, -0.2) is 15.5 Å². The van der Waals surface area contributed by atoms with E-state index in [-0.39, 0.29) is 11.1 Å². The SMILES string of the molecule is O=c1ccc(=O)n(CCCCCS)[nH]1. The van der Waals surface area contributed by atoms with Gasteiger partial charge in [-0.1, -0.05) is 6.42 Å². The van der Waals surface area contributed by atoms with Gasteiger partial charge in [0.2, 0.25) is 0 Å². The minimum absolute atomic E-state index is 0.157. The molecule has 4 nitrogen and oxygen atoms in total. The highest BCUT2D eigenvalue weighted by atomic mass is 32.1. The summed E-state index contributed by atoms with van der Waals surface area (Å²) < 4.78 is 1.35. The topological polar surface area (TPSA) is 54.9 Å². The first kappa shape index (κ1) is 11.1. The summed E-state index contributed by atoms with van der Waals surface area (Å²) in [6.07, 6.45) is 2.95. The molecule has 0 spiro atoms. The molecule has 0 radical (unpaired) electrons. The largest absolute Gasteiger partial charge is 0.268 e. The smallest absolute Gasteiger partial charge is 0.265 e. The van der Waals surface area contributed by atoms with Crippen molar-refractivity contribution in [2.45, 2.75) is 25.8 Å². The molecule has 5 heteroatoms. The van der Waals surface area contributed by atoms with E-state index in [0.29, 0.717) is 6.54 Å². The highest BCUT2D eigenvalue weighted by Gasteiger charge is 1.95. The number of nitrogens with one attached hydrogen (secondary N) is 1. The molecular weight excluding hydrogens is 200 g/mol. The lowest BCUT2D eigenvalue weighted by molar-refractivity contribution is 0.523. The van der Waals surface area contributed by atoms with Crippen molar-refractivity contribution in [3.63, 3.8) is 0 Å². The van der Waals surface area contributed by atoms with Gasteiger partial charge in [-0.15, -0.1) is 0 Å². The summed E-state index contributed by atoms with van der Waals surface area (Å²) in [5.41, 5.74) is -0.394. The van der Waals surface area contributed by atoms with Gasteiger partial charge in [-0.3, -0.25) is 19.4 Å². The number of thiol groups is 1. The van der Waals surface area contributed by atoms with E-state index in [1.54, 1.807) is 0 Å². The Labute approximate surface area is 87.4 Å². The summed E-state index contributed by atoms with van der Waals surface area (Å²) >= 11 is 4.09. The molecule has 0 aliphatic rings. The van der Waals surface area contributed by atoms with Crippen LogP contribution in [0.3, 0.4) is 0 Å². The van der Waals surface area contributed by atoms with E-state index in [4.69, 9.17) is 0 Å². The molecular formula is C9H14N2O2S. The molecule has 0 fully saturated rings. The Morgan fingerprint density at radius 2 is 2.00 bits per heavy atom. The normalized spacial score (nSPS) is 10.4. The number of hydrogen-bond donors (Lipinski definition) is 2. The molecule has 0 atom stereocenters. The van der Waals surface area contributed by atoms with Crippen LogP contribution in [0.15, 0.2) is 21.7 Å². The summed E-state index contributed by atoms with van der Waals surface area (Å²) in [7, 11) is 0. The zero-order valence-corrected chi connectivity index (χ0v) is 8.80. The third kappa shape index (κ3) is 3.41. The maximum Gasteiger partial charge on any atom is 0.265 e. The third-order valence-electron chi connectivity index (χ3n) is 1.93. The summed E-state index contributed by atoms with van der Waals surface area (Å²) in [6, 6.07) is 2.53. The van der Waals surface area contributed by atoms with E-state index in [1.807, 2.05) is 0 Å². The maximum absolute atomic E-state index is 11.2. The highest BCUT2D eigenvalue weighted by molar-refractivity contribution is 7.80. The Bertz CT molecular complexity index is 383. The standard InChI is InChI=1S/C9H14N2O2S/c12-8-4-5-9(13)11(10-8)6-2-1-3-7-14/h4-5,14H,1-3,6-7H2,(H,10,12). The van der Waals surface area contributed by atoms with Gasteiger partial charge in [0.15, 0.2) is 0 Å². The van der Waals surface area contributed by atoms with Crippen molar-refractivity contribution in [2.24, 2.45) is 0 Å². The zero-order chi connectivity index (χ0) is 10.4. The second-order valence-corrected chi connectivity index (χ2v) is 3.53. The molecule has 1 aromatic rings. The van der Waals surface area contributed by atoms with Crippen LogP contribution in [0, 0.1) is 0 Å². The fourth-order valence-corrected chi connectivity index (χ4v) is 1.41. The molecule has 0 aliphatic heterocycles. The predicted molar refractivity (Wildman–Crippen MR) is 59.0 cm³/mol. The quantitative estimate of drug-likeness (QED) is 0.558. The summed E-state index contributed by atoms with van der Waals surface area (Å²) in [5.74, 6) is 0.861. The van der Waals surface area contributed by atoms with Crippen molar-refractivity contribution in [3.05, 3.63) is 32.8 Å². The summed E-state index contributed by atoms with van der Waals surface area (Å²) in [4.78, 5) is 22.1. The van der Waals surface area contributed by atoms with Crippen molar-refractivity contribution in [3.8, 4) is 0 Å². The first-order chi connectivity index (χ1) is 6.74. The highest BCUT2D eigenvalue weighted by Crippen LogP contribution is 1.97. The van der Waals surface area contributed by atoms with Gasteiger partial charge in [0.05, 0.1) is 0 Å². The van der Waals surface area contributed by atoms with E-state index in [2.05, 4.69) is 17.7 Å². The molecule has 0 unspecified atom stereocenters. The molecule has 1 aromatic heterocycles. The van der Waals surface area contributed by atoms with Gasteiger partial charge in [0.1, 0.15) is 0 Å². The Balaban J connectivity index is 2.54. The monoisotopic (exact) mass is 214 g/mol. The second kappa shape index (κ2) is 5.70. The van der Waals surface area contributed by atoms with Crippen molar-refractivity contribution >= 4 is 12.6 Å². The van der Waals surface area contributed by atoms with Crippen molar-refractivity contribution < 1.29 is 0 Å². The molecule has 0 amide bonds. The van der Waals surface area contributed by atoms with E-state index < -0.39 is 0 Å². The summed E-state index contributed by atoms with van der Waals surface area (Å²) in [5, 5.41) is 2.48. The van der Waals surface area contributed by atoms with Crippen LogP contribution in [0.25, 0.3) is 0 Å². The predicted octanol–water partition coefficient (Wildman–Crippen LogP) is 0.637. The van der Waals surface area contributed by atoms with Crippen molar-refractivity contribution in [2.75, 3.05) is 5.75 Å². The van der Waals surface area contributed by atoms with E-state index in [1.165, 1.54) is 16.8 Å². The van der Waals surface area contributed by atoms with Gasteiger partial charge in [-0.25, -0.2) is 0 Å². The second-order valence-electron chi connectivity index (χ2n) is 3.08. The minimum atomic E-state index is -0.237. The van der Waals surface area contributed by atoms with Gasteiger partial charge >= 0.3 is 0 Å². The molecule has 14 heavy (non-hydrogen) atoms. The molecule has 0 aromatic carbocycles. The van der Waals surface area contributed by atoms with Crippen molar-refractivity contribution in [1.29, 1.82) is 0 Å². The van der Waals surface area contributed by atoms with Gasteiger partial charge in [0.25, 0.3) is 11.1 Å². The molecule has 0 saturated carbocycles. The van der Waals surface area contributed by atoms with Gasteiger partial charge in [-0.05, 0) is 18.6 Å². The Morgan fingerprint density at radius 3 is 2.71 bits per heavy atom. The first-order valence-corrected chi connectivity index (χ1v) is 5.28. The van der Waals surface area contributed by atoms with Crippen LogP contribution in [0.4, 0.5) is 0 Å². The average molecular weight is 214 g/mol. The number of H-pyrrole nitrogens is 1. The van der Waals surface area contributed by atoms with Crippen LogP contribution >= 0.6 is 12.6 Å². The average Bonchev–Trinajstić information content (AvgIpc) is 2.18. The number of unbranched alkanes of at least 4 members (excludes halogenated alkanes) is 2. The number of aromatic nitrogens is 2. The minimum Gasteiger partial charge on any atom is -0.268 e. The maximum atomic E-state index is 11.2. The number of rotatable bonds is 5. The molecule has 1 heterocycles. The first-order valence-electron chi connectivity index (χ1n) is 4.65. The Morgan fingerprint density at radius 1 is 1.21 bits per heavy atom. The number of nitrogens with zero attached hydrogens (tertiary/aromatic N) is 1. The molecule has 78 valence electrons. The lowest BCUT2D eigenvalue weighted by Crippen LogP contribution is -2.27. The summed E-state index contributed by atoms with van der Waals surface area (Å²) in [6.45, 7) is 0.572. The third-order valence-corrected chi connectivity index (χ3v) is 2.24.